The Bertz CT molecular complexity index is 977. The minimum Gasteiger partial charge on any atom is -0.455 e. The van der Waals surface area contributed by atoms with Gasteiger partial charge in [-0.1, -0.05) is 20.8 Å². The second-order valence-electron chi connectivity index (χ2n) is 6.76. The van der Waals surface area contributed by atoms with Gasteiger partial charge in [0.05, 0.1) is 17.4 Å². The Morgan fingerprint density at radius 2 is 2.08 bits per heavy atom. The average molecular weight is 325 g/mol. The van der Waals surface area contributed by atoms with Crippen molar-refractivity contribution in [2.24, 2.45) is 5.73 Å². The molecule has 0 aromatic carbocycles. The standard InChI is InChI=1S/C18H19N3O3/c1-18(2,3)15-11(9-14(24-15)16(19)22)10-21-8-6-13-12(17(21)23)5-4-7-20-13/h4-9H,10H2,1-3H3,(H2,19,22). The fraction of sp³-hybridized carbons (Fsp3) is 0.278. The van der Waals surface area contributed by atoms with Gasteiger partial charge in [-0.2, -0.15) is 0 Å². The number of aromatic nitrogens is 2. The molecule has 3 heterocycles. The van der Waals surface area contributed by atoms with Crippen molar-refractivity contribution in [2.45, 2.75) is 32.7 Å². The van der Waals surface area contributed by atoms with Crippen molar-refractivity contribution in [3.05, 3.63) is 64.1 Å². The van der Waals surface area contributed by atoms with Gasteiger partial charge >= 0.3 is 0 Å². The van der Waals surface area contributed by atoms with E-state index in [4.69, 9.17) is 10.2 Å². The highest BCUT2D eigenvalue weighted by Crippen LogP contribution is 2.29. The monoisotopic (exact) mass is 325 g/mol. The number of nitrogens with two attached hydrogens (primary N) is 1. The summed E-state index contributed by atoms with van der Waals surface area (Å²) in [5.74, 6) is 0.127. The molecule has 2 N–H and O–H groups in total. The Morgan fingerprint density at radius 1 is 1.33 bits per heavy atom. The lowest BCUT2D eigenvalue weighted by atomic mass is 9.90. The molecule has 0 radical (unpaired) electrons. The van der Waals surface area contributed by atoms with Gasteiger partial charge in [-0.25, -0.2) is 0 Å². The van der Waals surface area contributed by atoms with E-state index in [-0.39, 0.29) is 16.7 Å². The second-order valence-corrected chi connectivity index (χ2v) is 6.76. The van der Waals surface area contributed by atoms with E-state index >= 15 is 0 Å². The molecule has 0 aliphatic rings. The summed E-state index contributed by atoms with van der Waals surface area (Å²) in [7, 11) is 0. The first kappa shape index (κ1) is 16.0. The molecule has 0 saturated heterocycles. The van der Waals surface area contributed by atoms with E-state index in [0.717, 1.165) is 5.56 Å². The molecule has 6 nitrogen and oxygen atoms in total. The van der Waals surface area contributed by atoms with Gasteiger partial charge in [0.25, 0.3) is 11.5 Å². The van der Waals surface area contributed by atoms with E-state index < -0.39 is 5.91 Å². The van der Waals surface area contributed by atoms with Crippen molar-refractivity contribution in [2.75, 3.05) is 0 Å². The molecule has 0 fully saturated rings. The number of carbonyl (C=O) groups is 1. The van der Waals surface area contributed by atoms with E-state index in [9.17, 15) is 9.59 Å². The molecule has 0 aliphatic heterocycles. The number of furan rings is 1. The predicted octanol–water partition coefficient (Wildman–Crippen LogP) is 2.43. The maximum atomic E-state index is 12.6. The summed E-state index contributed by atoms with van der Waals surface area (Å²) in [6, 6.07) is 6.89. The van der Waals surface area contributed by atoms with Crippen LogP contribution in [0, 0.1) is 0 Å². The summed E-state index contributed by atoms with van der Waals surface area (Å²) >= 11 is 0. The third kappa shape index (κ3) is 2.82. The van der Waals surface area contributed by atoms with Crippen LogP contribution in [0.5, 0.6) is 0 Å². The Balaban J connectivity index is 2.10. The van der Waals surface area contributed by atoms with Crippen molar-refractivity contribution in [1.29, 1.82) is 0 Å². The molecule has 3 aromatic rings. The lowest BCUT2D eigenvalue weighted by Crippen LogP contribution is -2.22. The molecule has 3 rings (SSSR count). The van der Waals surface area contributed by atoms with Crippen molar-refractivity contribution in [3.63, 3.8) is 0 Å². The van der Waals surface area contributed by atoms with Gasteiger partial charge in [0, 0.05) is 23.4 Å². The van der Waals surface area contributed by atoms with Crippen LogP contribution >= 0.6 is 0 Å². The lowest BCUT2D eigenvalue weighted by molar-refractivity contribution is 0.0970. The van der Waals surface area contributed by atoms with Crippen LogP contribution in [0.15, 0.2) is 45.9 Å². The van der Waals surface area contributed by atoms with Crippen molar-refractivity contribution in [3.8, 4) is 0 Å². The molecule has 3 aromatic heterocycles. The van der Waals surface area contributed by atoms with Crippen molar-refractivity contribution < 1.29 is 9.21 Å². The van der Waals surface area contributed by atoms with Gasteiger partial charge < -0.3 is 14.7 Å². The average Bonchev–Trinajstić information content (AvgIpc) is 2.95. The van der Waals surface area contributed by atoms with Crippen LogP contribution in [0.1, 0.15) is 42.6 Å². The molecule has 0 saturated carbocycles. The number of amides is 1. The summed E-state index contributed by atoms with van der Waals surface area (Å²) in [5.41, 5.74) is 6.29. The van der Waals surface area contributed by atoms with Crippen molar-refractivity contribution in [1.82, 2.24) is 9.55 Å². The molecule has 0 aliphatic carbocycles. The van der Waals surface area contributed by atoms with Gasteiger partial charge in [0.15, 0.2) is 5.76 Å². The fourth-order valence-corrected chi connectivity index (χ4v) is 2.72. The molecule has 124 valence electrons. The van der Waals surface area contributed by atoms with Gasteiger partial charge in [0.1, 0.15) is 5.76 Å². The van der Waals surface area contributed by atoms with Crippen LogP contribution in [-0.2, 0) is 12.0 Å². The topological polar surface area (TPSA) is 91.1 Å². The first-order valence-electron chi connectivity index (χ1n) is 7.64. The van der Waals surface area contributed by atoms with E-state index in [1.165, 1.54) is 0 Å². The molecule has 24 heavy (non-hydrogen) atoms. The predicted molar refractivity (Wildman–Crippen MR) is 91.0 cm³/mol. The molecule has 1 amide bonds. The first-order valence-corrected chi connectivity index (χ1v) is 7.64. The van der Waals surface area contributed by atoms with Crippen LogP contribution in [0.4, 0.5) is 0 Å². The summed E-state index contributed by atoms with van der Waals surface area (Å²) in [4.78, 5) is 28.3. The van der Waals surface area contributed by atoms with E-state index in [1.54, 1.807) is 41.2 Å². The third-order valence-corrected chi connectivity index (χ3v) is 3.82. The maximum absolute atomic E-state index is 12.6. The number of nitrogens with zero attached hydrogens (tertiary/aromatic N) is 2. The smallest absolute Gasteiger partial charge is 0.284 e. The second kappa shape index (κ2) is 5.63. The number of primary amides is 1. The largest absolute Gasteiger partial charge is 0.455 e. The van der Waals surface area contributed by atoms with Crippen LogP contribution in [0.3, 0.4) is 0 Å². The highest BCUT2D eigenvalue weighted by atomic mass is 16.4. The number of pyridine rings is 2. The first-order chi connectivity index (χ1) is 11.3. The van der Waals surface area contributed by atoms with Crippen LogP contribution in [0.2, 0.25) is 0 Å². The van der Waals surface area contributed by atoms with Gasteiger partial charge in [0.2, 0.25) is 0 Å². The summed E-state index contributed by atoms with van der Waals surface area (Å²) in [6.45, 7) is 6.24. The minimum absolute atomic E-state index is 0.102. The van der Waals surface area contributed by atoms with Crippen molar-refractivity contribution >= 4 is 16.8 Å². The molecule has 6 heteroatoms. The molecular formula is C18H19N3O3. The lowest BCUT2D eigenvalue weighted by Gasteiger charge is -2.18. The number of carbonyl (C=O) groups excluding carboxylic acids is 1. The Hall–Kier alpha value is -2.89. The van der Waals surface area contributed by atoms with Gasteiger partial charge in [-0.05, 0) is 24.3 Å². The molecule has 0 spiro atoms. The molecule has 0 unspecified atom stereocenters. The van der Waals surface area contributed by atoms with Gasteiger partial charge in [-0.15, -0.1) is 0 Å². The zero-order chi connectivity index (χ0) is 17.5. The SMILES string of the molecule is CC(C)(C)c1oc(C(N)=O)cc1Cn1ccc2ncccc2c1=O. The van der Waals surface area contributed by atoms with Gasteiger partial charge in [-0.3, -0.25) is 14.6 Å². The molecule has 0 atom stereocenters. The Labute approximate surface area is 138 Å². The highest BCUT2D eigenvalue weighted by Gasteiger charge is 2.25. The summed E-state index contributed by atoms with van der Waals surface area (Å²) in [6.07, 6.45) is 3.35. The molecular weight excluding hydrogens is 306 g/mol. The fourth-order valence-electron chi connectivity index (χ4n) is 2.72. The number of hydrogen-bond donors (Lipinski definition) is 1. The Morgan fingerprint density at radius 3 is 2.75 bits per heavy atom. The van der Waals surface area contributed by atoms with E-state index in [1.807, 2.05) is 20.8 Å². The van der Waals surface area contributed by atoms with E-state index in [0.29, 0.717) is 23.2 Å². The van der Waals surface area contributed by atoms with Crippen LogP contribution < -0.4 is 11.3 Å². The van der Waals surface area contributed by atoms with E-state index in [2.05, 4.69) is 4.98 Å². The maximum Gasteiger partial charge on any atom is 0.284 e. The zero-order valence-corrected chi connectivity index (χ0v) is 13.9. The van der Waals surface area contributed by atoms with Crippen LogP contribution in [-0.4, -0.2) is 15.5 Å². The minimum atomic E-state index is -0.623. The summed E-state index contributed by atoms with van der Waals surface area (Å²) in [5, 5.41) is 0.552. The zero-order valence-electron chi connectivity index (χ0n) is 13.9. The highest BCUT2D eigenvalue weighted by molar-refractivity contribution is 5.90. The van der Waals surface area contributed by atoms with Crippen LogP contribution in [0.25, 0.3) is 10.9 Å². The molecule has 0 bridgehead atoms. The normalized spacial score (nSPS) is 11.8. The number of hydrogen-bond acceptors (Lipinski definition) is 4. The quantitative estimate of drug-likeness (QED) is 0.800. The number of rotatable bonds is 3. The summed E-state index contributed by atoms with van der Waals surface area (Å²) < 4.78 is 7.22. The third-order valence-electron chi connectivity index (χ3n) is 3.82. The number of fused-ring (bicyclic) bond motifs is 1. The Kier molecular flexibility index (Phi) is 3.75.